The third-order valence-electron chi connectivity index (χ3n) is 3.36. The van der Waals surface area contributed by atoms with Crippen molar-refractivity contribution in [2.45, 2.75) is 41.5 Å². The maximum absolute atomic E-state index is 5.94. The number of fused-ring (bicyclic) bond motifs is 12. The molecule has 23 heavy (non-hydrogen) atoms. The Balaban J connectivity index is 2.20. The summed E-state index contributed by atoms with van der Waals surface area (Å²) in [6.07, 6.45) is 0. The van der Waals surface area contributed by atoms with E-state index < -0.39 is 17.2 Å². The van der Waals surface area contributed by atoms with E-state index in [2.05, 4.69) is 41.5 Å². The summed E-state index contributed by atoms with van der Waals surface area (Å²) < 4.78 is 35.7. The molecule has 0 radical (unpaired) electrons. The summed E-state index contributed by atoms with van der Waals surface area (Å²) in [6, 6.07) is 0. The molecular formula is C15H30O6P2. The molecule has 0 spiro atoms. The lowest BCUT2D eigenvalue weighted by atomic mass is 9.97. The van der Waals surface area contributed by atoms with Crippen molar-refractivity contribution in [3.05, 3.63) is 0 Å². The molecule has 3 aliphatic rings. The smallest absolute Gasteiger partial charge is 0.312 e. The molecule has 0 aromatic rings. The maximum atomic E-state index is 5.94. The minimum Gasteiger partial charge on any atom is -0.312 e. The summed E-state index contributed by atoms with van der Waals surface area (Å²) in [6.45, 7) is 15.5. The molecule has 3 heterocycles. The summed E-state index contributed by atoms with van der Waals surface area (Å²) in [5.41, 5.74) is -0.488. The van der Waals surface area contributed by atoms with Crippen molar-refractivity contribution in [2.24, 2.45) is 16.2 Å². The monoisotopic (exact) mass is 368 g/mol. The Bertz CT molecular complexity index is 301. The normalized spacial score (nSPS) is 35.2. The lowest BCUT2D eigenvalue weighted by Gasteiger charge is -2.35. The highest BCUT2D eigenvalue weighted by atomic mass is 31.2. The van der Waals surface area contributed by atoms with Crippen molar-refractivity contribution in [2.75, 3.05) is 39.6 Å². The molecule has 136 valence electrons. The molecule has 0 saturated carbocycles. The Hall–Kier alpha value is 0.620. The van der Waals surface area contributed by atoms with Gasteiger partial charge in [0, 0.05) is 16.2 Å². The van der Waals surface area contributed by atoms with Crippen LogP contribution >= 0.6 is 17.2 Å². The topological polar surface area (TPSA) is 55.4 Å². The predicted octanol–water partition coefficient (Wildman–Crippen LogP) is 4.65. The quantitative estimate of drug-likeness (QED) is 0.581. The Kier molecular flexibility index (Phi) is 6.83. The lowest BCUT2D eigenvalue weighted by molar-refractivity contribution is -0.000137. The zero-order valence-electron chi connectivity index (χ0n) is 15.1. The first-order valence-corrected chi connectivity index (χ1v) is 10.1. The number of hydrogen-bond donors (Lipinski definition) is 0. The molecular weight excluding hydrogens is 338 g/mol. The highest BCUT2D eigenvalue weighted by Crippen LogP contribution is 2.49. The van der Waals surface area contributed by atoms with Gasteiger partial charge in [-0.1, -0.05) is 41.5 Å². The van der Waals surface area contributed by atoms with Crippen LogP contribution in [0.1, 0.15) is 41.5 Å². The fourth-order valence-corrected chi connectivity index (χ4v) is 4.89. The van der Waals surface area contributed by atoms with Crippen molar-refractivity contribution in [3.63, 3.8) is 0 Å². The van der Waals surface area contributed by atoms with Gasteiger partial charge >= 0.3 is 17.2 Å². The van der Waals surface area contributed by atoms with Crippen LogP contribution in [-0.4, -0.2) is 39.6 Å². The van der Waals surface area contributed by atoms with Gasteiger partial charge in [-0.05, 0) is 0 Å². The van der Waals surface area contributed by atoms with E-state index in [0.29, 0.717) is 39.6 Å². The minimum absolute atomic E-state index is 0.163. The van der Waals surface area contributed by atoms with Crippen LogP contribution in [0.3, 0.4) is 0 Å². The highest BCUT2D eigenvalue weighted by Gasteiger charge is 2.34. The molecule has 0 atom stereocenters. The van der Waals surface area contributed by atoms with Gasteiger partial charge in [0.15, 0.2) is 0 Å². The molecule has 3 rings (SSSR count). The van der Waals surface area contributed by atoms with Crippen molar-refractivity contribution >= 4 is 17.2 Å². The molecule has 0 aliphatic carbocycles. The van der Waals surface area contributed by atoms with Gasteiger partial charge in [-0.3, -0.25) is 0 Å². The van der Waals surface area contributed by atoms with Crippen LogP contribution in [0.5, 0.6) is 0 Å². The number of rotatable bonds is 0. The van der Waals surface area contributed by atoms with E-state index in [1.54, 1.807) is 0 Å². The standard InChI is InChI=1S/C15H30O6P2/c1-13(2)7-16-22-18-9-14(3,4)10-19-23(17-8-13)21-12-15(5,6)11-20-22/h7-12H2,1-6H3. The Morgan fingerprint density at radius 2 is 0.609 bits per heavy atom. The predicted molar refractivity (Wildman–Crippen MR) is 90.9 cm³/mol. The van der Waals surface area contributed by atoms with Crippen LogP contribution in [0.25, 0.3) is 0 Å². The van der Waals surface area contributed by atoms with Crippen LogP contribution in [0.15, 0.2) is 0 Å². The van der Waals surface area contributed by atoms with E-state index in [1.807, 2.05) is 0 Å². The molecule has 0 N–H and O–H groups in total. The second kappa shape index (κ2) is 7.88. The summed E-state index contributed by atoms with van der Waals surface area (Å²) in [5, 5.41) is 0. The zero-order valence-corrected chi connectivity index (χ0v) is 16.9. The average molecular weight is 368 g/mol. The van der Waals surface area contributed by atoms with E-state index in [4.69, 9.17) is 27.1 Å². The molecule has 3 aliphatic heterocycles. The fourth-order valence-electron chi connectivity index (χ4n) is 1.71. The molecule has 8 heteroatoms. The minimum atomic E-state index is -1.40. The third kappa shape index (κ3) is 7.17. The van der Waals surface area contributed by atoms with Crippen LogP contribution in [0, 0.1) is 16.2 Å². The van der Waals surface area contributed by atoms with Crippen molar-refractivity contribution in [1.29, 1.82) is 0 Å². The van der Waals surface area contributed by atoms with Crippen molar-refractivity contribution in [1.82, 2.24) is 0 Å². The Morgan fingerprint density at radius 3 is 0.783 bits per heavy atom. The lowest BCUT2D eigenvalue weighted by Crippen LogP contribution is -2.31. The van der Waals surface area contributed by atoms with Crippen LogP contribution in [0.2, 0.25) is 0 Å². The highest BCUT2D eigenvalue weighted by molar-refractivity contribution is 7.42. The zero-order chi connectivity index (χ0) is 17.1. The largest absolute Gasteiger partial charge is 0.332 e. The maximum Gasteiger partial charge on any atom is 0.332 e. The second-order valence-corrected chi connectivity index (χ2v) is 11.0. The van der Waals surface area contributed by atoms with Gasteiger partial charge in [0.25, 0.3) is 0 Å². The van der Waals surface area contributed by atoms with Crippen LogP contribution in [-0.2, 0) is 27.1 Å². The summed E-state index contributed by atoms with van der Waals surface area (Å²) in [5.74, 6) is 0. The van der Waals surface area contributed by atoms with Gasteiger partial charge in [-0.15, -0.1) is 0 Å². The van der Waals surface area contributed by atoms with Gasteiger partial charge < -0.3 is 27.1 Å². The van der Waals surface area contributed by atoms with Gasteiger partial charge in [0.05, 0.1) is 39.6 Å². The summed E-state index contributed by atoms with van der Waals surface area (Å²) >= 11 is 0. The first-order valence-electron chi connectivity index (χ1n) is 7.95. The number of hydrogen-bond acceptors (Lipinski definition) is 6. The molecule has 2 bridgehead atoms. The molecule has 0 aromatic heterocycles. The average Bonchev–Trinajstić information content (AvgIpc) is 2.43. The SMILES string of the molecule is CC1(C)COP2OCC(C)(C)COP(OC1)OCC(C)(C)CO2. The van der Waals surface area contributed by atoms with Crippen molar-refractivity contribution in [3.8, 4) is 0 Å². The second-order valence-electron chi connectivity index (χ2n) is 8.58. The first-order chi connectivity index (χ1) is 10.6. The van der Waals surface area contributed by atoms with Gasteiger partial charge in [-0.25, -0.2) is 0 Å². The van der Waals surface area contributed by atoms with Gasteiger partial charge in [0.2, 0.25) is 0 Å². The van der Waals surface area contributed by atoms with Crippen LogP contribution < -0.4 is 0 Å². The molecule has 3 saturated heterocycles. The van der Waals surface area contributed by atoms with Gasteiger partial charge in [0.1, 0.15) is 0 Å². The van der Waals surface area contributed by atoms with Gasteiger partial charge in [-0.2, -0.15) is 0 Å². The van der Waals surface area contributed by atoms with E-state index in [0.717, 1.165) is 0 Å². The Labute approximate surface area is 142 Å². The molecule has 0 amide bonds. The van der Waals surface area contributed by atoms with E-state index >= 15 is 0 Å². The van der Waals surface area contributed by atoms with Crippen LogP contribution in [0.4, 0.5) is 0 Å². The Morgan fingerprint density at radius 1 is 0.435 bits per heavy atom. The van der Waals surface area contributed by atoms with E-state index in [9.17, 15) is 0 Å². The molecule has 0 aromatic carbocycles. The first kappa shape index (κ1) is 19.9. The third-order valence-corrected chi connectivity index (χ3v) is 5.40. The molecule has 0 unspecified atom stereocenters. The fraction of sp³-hybridized carbons (Fsp3) is 1.00. The van der Waals surface area contributed by atoms with E-state index in [-0.39, 0.29) is 16.2 Å². The van der Waals surface area contributed by atoms with Crippen molar-refractivity contribution < 1.29 is 27.1 Å². The van der Waals surface area contributed by atoms with E-state index in [1.165, 1.54) is 0 Å². The molecule has 6 nitrogen and oxygen atoms in total. The summed E-state index contributed by atoms with van der Waals surface area (Å²) in [4.78, 5) is 0. The molecule has 3 fully saturated rings. The summed E-state index contributed by atoms with van der Waals surface area (Å²) in [7, 11) is -2.79.